The Labute approximate surface area is 180 Å². The maximum atomic E-state index is 5.53. The summed E-state index contributed by atoms with van der Waals surface area (Å²) < 4.78 is 10.9. The summed E-state index contributed by atoms with van der Waals surface area (Å²) in [6.07, 6.45) is 0. The highest BCUT2D eigenvalue weighted by atomic mass is 16.5. The number of methoxy groups -OCH3 is 2. The number of aromatic nitrogens is 3. The van der Waals surface area contributed by atoms with E-state index in [9.17, 15) is 0 Å². The number of hydrogen-bond donors (Lipinski definition) is 2. The smallest absolute Gasteiger partial charge is 0.161 e. The Morgan fingerprint density at radius 1 is 0.742 bits per heavy atom. The summed E-state index contributed by atoms with van der Waals surface area (Å²) in [5, 5.41) is 1.15. The Balaban J connectivity index is 1.75. The molecule has 31 heavy (non-hydrogen) atoms. The molecule has 0 aliphatic rings. The van der Waals surface area contributed by atoms with Gasteiger partial charge in [-0.25, -0.2) is 4.98 Å². The van der Waals surface area contributed by atoms with Crippen LogP contribution in [0.15, 0.2) is 72.8 Å². The number of nitrogens with one attached hydrogen (secondary N) is 2. The van der Waals surface area contributed by atoms with Crippen molar-refractivity contribution in [2.24, 2.45) is 0 Å². The molecule has 2 aromatic heterocycles. The van der Waals surface area contributed by atoms with Gasteiger partial charge in [-0.2, -0.15) is 0 Å². The SMILES string of the molecule is COc1ccc(-c2nc(-c3c(C)[nH]c4ccccc34)[nH]c2-c2ccccc2)cc1OC. The summed E-state index contributed by atoms with van der Waals surface area (Å²) in [4.78, 5) is 12.1. The maximum absolute atomic E-state index is 5.53. The van der Waals surface area contributed by atoms with Crippen LogP contribution in [0.2, 0.25) is 0 Å². The average molecular weight is 409 g/mol. The monoisotopic (exact) mass is 409 g/mol. The Hall–Kier alpha value is -3.99. The fourth-order valence-corrected chi connectivity index (χ4v) is 4.08. The first-order chi connectivity index (χ1) is 15.2. The van der Waals surface area contributed by atoms with E-state index in [-0.39, 0.29) is 0 Å². The van der Waals surface area contributed by atoms with Gasteiger partial charge in [-0.3, -0.25) is 0 Å². The van der Waals surface area contributed by atoms with Crippen LogP contribution in [0.1, 0.15) is 5.69 Å². The molecule has 3 aromatic carbocycles. The molecule has 0 amide bonds. The van der Waals surface area contributed by atoms with Crippen molar-refractivity contribution in [3.8, 4) is 45.4 Å². The molecule has 0 aliphatic carbocycles. The number of H-pyrrole nitrogens is 2. The standard InChI is InChI=1S/C26H23N3O2/c1-16-23(19-11-7-8-12-20(19)27-16)26-28-24(17-9-5-4-6-10-17)25(29-26)18-13-14-21(30-2)22(15-18)31-3/h4-15,27H,1-3H3,(H,28,29). The Kier molecular flexibility index (Phi) is 4.71. The number of para-hydroxylation sites is 1. The lowest BCUT2D eigenvalue weighted by molar-refractivity contribution is 0.355. The molecule has 0 saturated heterocycles. The van der Waals surface area contributed by atoms with Gasteiger partial charge in [0.05, 0.1) is 25.6 Å². The number of imidazole rings is 1. The molecule has 2 heterocycles. The van der Waals surface area contributed by atoms with Crippen molar-refractivity contribution in [2.45, 2.75) is 6.92 Å². The molecule has 5 aromatic rings. The summed E-state index contributed by atoms with van der Waals surface area (Å²) >= 11 is 0. The second-order valence-corrected chi connectivity index (χ2v) is 7.42. The molecule has 5 heteroatoms. The van der Waals surface area contributed by atoms with Crippen LogP contribution in [-0.4, -0.2) is 29.2 Å². The van der Waals surface area contributed by atoms with Crippen LogP contribution >= 0.6 is 0 Å². The second kappa shape index (κ2) is 7.69. The number of benzene rings is 3. The number of nitrogens with zero attached hydrogens (tertiary/aromatic N) is 1. The van der Waals surface area contributed by atoms with Crippen LogP contribution in [0.25, 0.3) is 44.8 Å². The zero-order valence-corrected chi connectivity index (χ0v) is 17.7. The summed E-state index contributed by atoms with van der Waals surface area (Å²) in [5.74, 6) is 2.20. The molecule has 0 spiro atoms. The Morgan fingerprint density at radius 2 is 1.48 bits per heavy atom. The van der Waals surface area contributed by atoms with Crippen molar-refractivity contribution in [3.05, 3.63) is 78.5 Å². The number of aryl methyl sites for hydroxylation is 1. The first kappa shape index (κ1) is 19.0. The maximum Gasteiger partial charge on any atom is 0.161 e. The van der Waals surface area contributed by atoms with Gasteiger partial charge in [0, 0.05) is 33.3 Å². The van der Waals surface area contributed by atoms with Gasteiger partial charge in [0.2, 0.25) is 0 Å². The third kappa shape index (κ3) is 3.24. The molecule has 5 rings (SSSR count). The number of fused-ring (bicyclic) bond motifs is 1. The number of rotatable bonds is 5. The van der Waals surface area contributed by atoms with E-state index in [1.165, 1.54) is 0 Å². The van der Waals surface area contributed by atoms with Gasteiger partial charge >= 0.3 is 0 Å². The van der Waals surface area contributed by atoms with E-state index in [1.807, 2.05) is 42.5 Å². The van der Waals surface area contributed by atoms with Crippen LogP contribution < -0.4 is 9.47 Å². The van der Waals surface area contributed by atoms with Crippen molar-refractivity contribution < 1.29 is 9.47 Å². The molecule has 0 aliphatic heterocycles. The molecule has 0 fully saturated rings. The Bertz CT molecular complexity index is 1370. The number of ether oxygens (including phenoxy) is 2. The predicted octanol–water partition coefficient (Wildman–Crippen LogP) is 6.22. The molecule has 154 valence electrons. The van der Waals surface area contributed by atoms with Gasteiger partial charge in [0.15, 0.2) is 11.5 Å². The van der Waals surface area contributed by atoms with Gasteiger partial charge in [-0.1, -0.05) is 48.5 Å². The topological polar surface area (TPSA) is 62.9 Å². The summed E-state index contributed by atoms with van der Waals surface area (Å²) in [5.41, 5.74) is 7.12. The van der Waals surface area contributed by atoms with Gasteiger partial charge < -0.3 is 19.4 Å². The van der Waals surface area contributed by atoms with Crippen molar-refractivity contribution in [3.63, 3.8) is 0 Å². The number of aromatic amines is 2. The lowest BCUT2D eigenvalue weighted by atomic mass is 10.0. The molecule has 0 unspecified atom stereocenters. The highest BCUT2D eigenvalue weighted by Crippen LogP contribution is 2.39. The zero-order chi connectivity index (χ0) is 21.4. The van der Waals surface area contributed by atoms with Crippen LogP contribution in [-0.2, 0) is 0 Å². The minimum absolute atomic E-state index is 0.673. The molecule has 0 bridgehead atoms. The lowest BCUT2D eigenvalue weighted by Crippen LogP contribution is -1.91. The first-order valence-electron chi connectivity index (χ1n) is 10.1. The molecule has 2 N–H and O–H groups in total. The van der Waals surface area contributed by atoms with E-state index in [0.29, 0.717) is 11.5 Å². The predicted molar refractivity (Wildman–Crippen MR) is 125 cm³/mol. The minimum Gasteiger partial charge on any atom is -0.493 e. The van der Waals surface area contributed by atoms with E-state index in [2.05, 4.69) is 47.2 Å². The molecular weight excluding hydrogens is 386 g/mol. The summed E-state index contributed by atoms with van der Waals surface area (Å²) in [6.45, 7) is 2.08. The van der Waals surface area contributed by atoms with Gasteiger partial charge in [0.25, 0.3) is 0 Å². The van der Waals surface area contributed by atoms with E-state index in [0.717, 1.165) is 50.5 Å². The first-order valence-corrected chi connectivity index (χ1v) is 10.1. The zero-order valence-electron chi connectivity index (χ0n) is 17.7. The highest BCUT2D eigenvalue weighted by Gasteiger charge is 2.20. The molecule has 0 radical (unpaired) electrons. The summed E-state index contributed by atoms with van der Waals surface area (Å²) in [6, 6.07) is 24.4. The molecular formula is C26H23N3O2. The van der Waals surface area contributed by atoms with Gasteiger partial charge in [0.1, 0.15) is 5.82 Å². The molecule has 0 atom stereocenters. The second-order valence-electron chi connectivity index (χ2n) is 7.42. The third-order valence-electron chi connectivity index (χ3n) is 5.55. The van der Waals surface area contributed by atoms with Gasteiger partial charge in [-0.05, 0) is 31.2 Å². The number of hydrogen-bond acceptors (Lipinski definition) is 3. The quantitative estimate of drug-likeness (QED) is 0.362. The molecule has 0 saturated carbocycles. The average Bonchev–Trinajstić information content (AvgIpc) is 3.39. The third-order valence-corrected chi connectivity index (χ3v) is 5.55. The largest absolute Gasteiger partial charge is 0.493 e. The normalized spacial score (nSPS) is 11.1. The van der Waals surface area contributed by atoms with Crippen molar-refractivity contribution >= 4 is 10.9 Å². The van der Waals surface area contributed by atoms with Crippen LogP contribution in [0, 0.1) is 6.92 Å². The molecule has 5 nitrogen and oxygen atoms in total. The fraction of sp³-hybridized carbons (Fsp3) is 0.115. The fourth-order valence-electron chi connectivity index (χ4n) is 4.08. The summed E-state index contributed by atoms with van der Waals surface area (Å²) in [7, 11) is 3.28. The Morgan fingerprint density at radius 3 is 2.26 bits per heavy atom. The van der Waals surface area contributed by atoms with Crippen LogP contribution in [0.4, 0.5) is 0 Å². The van der Waals surface area contributed by atoms with Crippen molar-refractivity contribution in [2.75, 3.05) is 14.2 Å². The van der Waals surface area contributed by atoms with Crippen molar-refractivity contribution in [1.82, 2.24) is 15.0 Å². The van der Waals surface area contributed by atoms with Crippen LogP contribution in [0.5, 0.6) is 11.5 Å². The van der Waals surface area contributed by atoms with E-state index < -0.39 is 0 Å². The minimum atomic E-state index is 0.673. The van der Waals surface area contributed by atoms with Crippen LogP contribution in [0.3, 0.4) is 0 Å². The van der Waals surface area contributed by atoms with E-state index in [1.54, 1.807) is 14.2 Å². The van der Waals surface area contributed by atoms with Gasteiger partial charge in [-0.15, -0.1) is 0 Å². The van der Waals surface area contributed by atoms with Crippen molar-refractivity contribution in [1.29, 1.82) is 0 Å². The lowest BCUT2D eigenvalue weighted by Gasteiger charge is -2.09. The van der Waals surface area contributed by atoms with E-state index >= 15 is 0 Å². The van der Waals surface area contributed by atoms with E-state index in [4.69, 9.17) is 14.5 Å². The highest BCUT2D eigenvalue weighted by molar-refractivity contribution is 5.97.